The molecule has 0 aliphatic rings. The number of nitrogens with one attached hydrogen (secondary N) is 1. The Morgan fingerprint density at radius 3 is 2.38 bits per heavy atom. The first-order chi connectivity index (χ1) is 9.83. The summed E-state index contributed by atoms with van der Waals surface area (Å²) in [5, 5.41) is 19.6. The van der Waals surface area contributed by atoms with Crippen LogP contribution in [0.2, 0.25) is 0 Å². The zero-order valence-corrected chi connectivity index (χ0v) is 12.0. The van der Waals surface area contributed by atoms with Gasteiger partial charge in [0.1, 0.15) is 6.04 Å². The highest BCUT2D eigenvalue weighted by Crippen LogP contribution is 2.22. The second-order valence-electron chi connectivity index (χ2n) is 4.66. The Labute approximate surface area is 122 Å². The number of carboxylic acids is 1. The van der Waals surface area contributed by atoms with Gasteiger partial charge in [0.15, 0.2) is 0 Å². The molecule has 2 atom stereocenters. The number of carbonyl (C=O) groups is 1. The van der Waals surface area contributed by atoms with Crippen LogP contribution in [0.5, 0.6) is 0 Å². The first-order valence-corrected chi connectivity index (χ1v) is 7.72. The smallest absolute Gasteiger partial charge is 0.324 e. The van der Waals surface area contributed by atoms with Crippen molar-refractivity contribution in [2.24, 2.45) is 0 Å². The van der Waals surface area contributed by atoms with Gasteiger partial charge in [0.25, 0.3) is 0 Å². The van der Waals surface area contributed by atoms with Crippen molar-refractivity contribution in [1.82, 2.24) is 4.72 Å². The molecule has 0 aromatic heterocycles. The molecule has 2 rings (SSSR count). The molecule has 0 aliphatic carbocycles. The van der Waals surface area contributed by atoms with Crippen molar-refractivity contribution in [3.8, 4) is 0 Å². The zero-order valence-electron chi connectivity index (χ0n) is 11.2. The third kappa shape index (κ3) is 3.21. The molecular formula is C14H15NO5S. The quantitative estimate of drug-likeness (QED) is 0.763. The standard InChI is InChI=1S/C14H15NO5S/c1-9(16)13(14(17)18)15-21(19,20)12-8-4-6-10-5-2-3-7-11(10)12/h2-9,13,15-16H,1H3,(H,17,18)/t9-,13+/m1/s1. The highest BCUT2D eigenvalue weighted by atomic mass is 32.2. The van der Waals surface area contributed by atoms with Crippen LogP contribution in [0.15, 0.2) is 47.4 Å². The van der Waals surface area contributed by atoms with Crippen LogP contribution in [0, 0.1) is 0 Å². The zero-order chi connectivity index (χ0) is 15.6. The first kappa shape index (κ1) is 15.4. The number of aliphatic hydroxyl groups excluding tert-OH is 1. The average molecular weight is 309 g/mol. The number of benzene rings is 2. The Hall–Kier alpha value is -1.96. The second-order valence-corrected chi connectivity index (χ2v) is 6.34. The van der Waals surface area contributed by atoms with Crippen molar-refractivity contribution >= 4 is 26.8 Å². The molecule has 3 N–H and O–H groups in total. The van der Waals surface area contributed by atoms with Gasteiger partial charge in [-0.1, -0.05) is 36.4 Å². The molecule has 0 saturated heterocycles. The number of aliphatic carboxylic acids is 1. The van der Waals surface area contributed by atoms with Gasteiger partial charge in [0, 0.05) is 5.39 Å². The molecule has 2 aromatic carbocycles. The molecule has 0 spiro atoms. The van der Waals surface area contributed by atoms with Crippen LogP contribution in [0.25, 0.3) is 10.8 Å². The summed E-state index contributed by atoms with van der Waals surface area (Å²) in [4.78, 5) is 11.0. The molecule has 0 amide bonds. The van der Waals surface area contributed by atoms with E-state index in [2.05, 4.69) is 0 Å². The van der Waals surface area contributed by atoms with E-state index in [4.69, 9.17) is 5.11 Å². The molecule has 112 valence electrons. The van der Waals surface area contributed by atoms with E-state index in [1.54, 1.807) is 36.4 Å². The molecule has 0 saturated carbocycles. The molecule has 0 bridgehead atoms. The average Bonchev–Trinajstić information content (AvgIpc) is 2.43. The number of aliphatic hydroxyl groups is 1. The maximum Gasteiger partial charge on any atom is 0.324 e. The van der Waals surface area contributed by atoms with Crippen LogP contribution in [0.1, 0.15) is 6.92 Å². The number of hydrogen-bond donors (Lipinski definition) is 3. The molecule has 7 heteroatoms. The SMILES string of the molecule is C[C@@H](O)[C@H](NS(=O)(=O)c1cccc2ccccc12)C(=O)O. The predicted octanol–water partition coefficient (Wildman–Crippen LogP) is 0.952. The Morgan fingerprint density at radius 1 is 1.14 bits per heavy atom. The minimum atomic E-state index is -4.07. The predicted molar refractivity (Wildman–Crippen MR) is 77.4 cm³/mol. The van der Waals surface area contributed by atoms with Gasteiger partial charge in [-0.3, -0.25) is 4.79 Å². The van der Waals surface area contributed by atoms with Crippen molar-refractivity contribution in [2.75, 3.05) is 0 Å². The molecule has 21 heavy (non-hydrogen) atoms. The van der Waals surface area contributed by atoms with Crippen molar-refractivity contribution < 1.29 is 23.4 Å². The fourth-order valence-electron chi connectivity index (χ4n) is 2.02. The van der Waals surface area contributed by atoms with Gasteiger partial charge in [-0.15, -0.1) is 0 Å². The maximum atomic E-state index is 12.4. The number of sulfonamides is 1. The van der Waals surface area contributed by atoms with E-state index < -0.39 is 28.1 Å². The third-order valence-electron chi connectivity index (χ3n) is 3.07. The monoisotopic (exact) mass is 309 g/mol. The van der Waals surface area contributed by atoms with Gasteiger partial charge in [0.05, 0.1) is 11.0 Å². The van der Waals surface area contributed by atoms with Gasteiger partial charge in [-0.05, 0) is 18.4 Å². The third-order valence-corrected chi connectivity index (χ3v) is 4.57. The number of hydrogen-bond acceptors (Lipinski definition) is 4. The van der Waals surface area contributed by atoms with E-state index in [1.807, 2.05) is 4.72 Å². The summed E-state index contributed by atoms with van der Waals surface area (Å²) >= 11 is 0. The van der Waals surface area contributed by atoms with Gasteiger partial charge in [-0.2, -0.15) is 4.72 Å². The van der Waals surface area contributed by atoms with Crippen LogP contribution in [0.3, 0.4) is 0 Å². The van der Waals surface area contributed by atoms with E-state index in [-0.39, 0.29) is 4.90 Å². The van der Waals surface area contributed by atoms with Gasteiger partial charge in [0.2, 0.25) is 10.0 Å². The van der Waals surface area contributed by atoms with Gasteiger partial charge in [-0.25, -0.2) is 8.42 Å². The van der Waals surface area contributed by atoms with Crippen molar-refractivity contribution in [3.63, 3.8) is 0 Å². The van der Waals surface area contributed by atoms with Crippen LogP contribution in [-0.4, -0.2) is 36.7 Å². The molecular weight excluding hydrogens is 294 g/mol. The molecule has 0 heterocycles. The van der Waals surface area contributed by atoms with E-state index in [0.29, 0.717) is 5.39 Å². The fraction of sp³-hybridized carbons (Fsp3) is 0.214. The summed E-state index contributed by atoms with van der Waals surface area (Å²) in [5.41, 5.74) is 0. The van der Waals surface area contributed by atoms with E-state index in [1.165, 1.54) is 13.0 Å². The van der Waals surface area contributed by atoms with E-state index in [0.717, 1.165) is 5.39 Å². The van der Waals surface area contributed by atoms with Crippen molar-refractivity contribution in [1.29, 1.82) is 0 Å². The highest BCUT2D eigenvalue weighted by Gasteiger charge is 2.29. The molecule has 0 radical (unpaired) electrons. The molecule has 0 fully saturated rings. The second kappa shape index (κ2) is 5.80. The Balaban J connectivity index is 2.50. The number of rotatable bonds is 5. The van der Waals surface area contributed by atoms with Crippen molar-refractivity contribution in [2.45, 2.75) is 24.0 Å². The minimum Gasteiger partial charge on any atom is -0.480 e. The largest absolute Gasteiger partial charge is 0.480 e. The molecule has 0 aliphatic heterocycles. The number of fused-ring (bicyclic) bond motifs is 1. The lowest BCUT2D eigenvalue weighted by Gasteiger charge is -2.17. The maximum absolute atomic E-state index is 12.4. The van der Waals surface area contributed by atoms with Gasteiger partial charge >= 0.3 is 5.97 Å². The van der Waals surface area contributed by atoms with Crippen molar-refractivity contribution in [3.05, 3.63) is 42.5 Å². The Kier molecular flexibility index (Phi) is 4.26. The first-order valence-electron chi connectivity index (χ1n) is 6.24. The summed E-state index contributed by atoms with van der Waals surface area (Å²) in [5.74, 6) is -1.44. The summed E-state index contributed by atoms with van der Waals surface area (Å²) in [6, 6.07) is 10.0. The summed E-state index contributed by atoms with van der Waals surface area (Å²) in [7, 11) is -4.07. The molecule has 0 unspecified atom stereocenters. The Bertz CT molecular complexity index is 765. The summed E-state index contributed by atoms with van der Waals surface area (Å²) in [6.45, 7) is 1.21. The fourth-order valence-corrected chi connectivity index (χ4v) is 3.51. The normalized spacial score (nSPS) is 14.8. The lowest BCUT2D eigenvalue weighted by atomic mass is 10.1. The summed E-state index contributed by atoms with van der Waals surface area (Å²) < 4.78 is 26.8. The van der Waals surface area contributed by atoms with E-state index >= 15 is 0 Å². The van der Waals surface area contributed by atoms with Crippen LogP contribution in [0.4, 0.5) is 0 Å². The lowest BCUT2D eigenvalue weighted by molar-refractivity contribution is -0.141. The lowest BCUT2D eigenvalue weighted by Crippen LogP contribution is -2.47. The van der Waals surface area contributed by atoms with Gasteiger partial charge < -0.3 is 10.2 Å². The van der Waals surface area contributed by atoms with Crippen LogP contribution < -0.4 is 4.72 Å². The summed E-state index contributed by atoms with van der Waals surface area (Å²) in [6.07, 6.45) is -1.35. The topological polar surface area (TPSA) is 104 Å². The molecule has 6 nitrogen and oxygen atoms in total. The highest BCUT2D eigenvalue weighted by molar-refractivity contribution is 7.89. The van der Waals surface area contributed by atoms with Crippen LogP contribution in [-0.2, 0) is 14.8 Å². The Morgan fingerprint density at radius 2 is 1.76 bits per heavy atom. The molecule has 2 aromatic rings. The minimum absolute atomic E-state index is 0.0208. The van der Waals surface area contributed by atoms with Crippen LogP contribution >= 0.6 is 0 Å². The van der Waals surface area contributed by atoms with E-state index in [9.17, 15) is 18.3 Å². The number of carboxylic acid groups (broad SMARTS) is 1.